The Hall–Kier alpha value is -2.63. The van der Waals surface area contributed by atoms with Gasteiger partial charge in [0, 0.05) is 17.2 Å². The third-order valence-corrected chi connectivity index (χ3v) is 5.58. The van der Waals surface area contributed by atoms with E-state index >= 15 is 4.39 Å². The van der Waals surface area contributed by atoms with Crippen LogP contribution in [0.2, 0.25) is 0 Å². The molecule has 2 aliphatic rings. The largest absolute Gasteiger partial charge is 0.465 e. The fourth-order valence-electron chi connectivity index (χ4n) is 4.16. The summed E-state index contributed by atoms with van der Waals surface area (Å²) in [5, 5.41) is 2.68. The van der Waals surface area contributed by atoms with Crippen molar-refractivity contribution in [3.05, 3.63) is 42.2 Å². The monoisotopic (exact) mass is 371 g/mol. The number of hydrogen-bond donors (Lipinski definition) is 1. The standard InChI is InChI=1S/C21H22FNO4/c1-2-3-10-27-19(24)15-8-9-21(22)18(15)14-7-6-13(17-5-4-11-26-17)12-16(14)23-20(21)25/h4-7,11-12,15,18H,2-3,8-10H2,1H3,(H,23,25). The van der Waals surface area contributed by atoms with Gasteiger partial charge < -0.3 is 14.5 Å². The SMILES string of the molecule is CCCCOC(=O)C1CCC2(F)C(=O)Nc3cc(-c4ccco4)ccc3C12. The lowest BCUT2D eigenvalue weighted by atomic mass is 9.77. The van der Waals surface area contributed by atoms with Crippen LogP contribution in [0.15, 0.2) is 41.0 Å². The van der Waals surface area contributed by atoms with E-state index in [1.165, 1.54) is 0 Å². The van der Waals surface area contributed by atoms with Gasteiger partial charge in [0.2, 0.25) is 0 Å². The number of amides is 1. The number of ether oxygens (including phenoxy) is 1. The first-order chi connectivity index (χ1) is 13.0. The molecule has 0 saturated heterocycles. The van der Waals surface area contributed by atoms with Crippen LogP contribution in [0, 0.1) is 5.92 Å². The molecule has 1 aromatic carbocycles. The second-order valence-electron chi connectivity index (χ2n) is 7.24. The number of fused-ring (bicyclic) bond motifs is 3. The van der Waals surface area contributed by atoms with Crippen LogP contribution in [0.1, 0.15) is 44.1 Å². The number of rotatable bonds is 5. The summed E-state index contributed by atoms with van der Waals surface area (Å²) in [4.78, 5) is 25.1. The Kier molecular flexibility index (Phi) is 4.50. The van der Waals surface area contributed by atoms with Gasteiger partial charge in [-0.25, -0.2) is 4.39 Å². The molecule has 6 heteroatoms. The van der Waals surface area contributed by atoms with Gasteiger partial charge in [-0.05, 0) is 43.0 Å². The van der Waals surface area contributed by atoms with Crippen LogP contribution >= 0.6 is 0 Å². The highest BCUT2D eigenvalue weighted by Gasteiger charge is 2.60. The predicted octanol–water partition coefficient (Wildman–Crippen LogP) is 4.44. The number of benzene rings is 1. The summed E-state index contributed by atoms with van der Waals surface area (Å²) in [6.07, 6.45) is 3.58. The number of alkyl halides is 1. The van der Waals surface area contributed by atoms with E-state index in [0.29, 0.717) is 30.0 Å². The van der Waals surface area contributed by atoms with Gasteiger partial charge in [0.05, 0.1) is 18.8 Å². The molecule has 0 radical (unpaired) electrons. The first-order valence-electron chi connectivity index (χ1n) is 9.39. The maximum Gasteiger partial charge on any atom is 0.309 e. The first-order valence-corrected chi connectivity index (χ1v) is 9.39. The van der Waals surface area contributed by atoms with Crippen LogP contribution in [0.4, 0.5) is 10.1 Å². The molecule has 4 rings (SSSR count). The van der Waals surface area contributed by atoms with Crippen molar-refractivity contribution in [3.63, 3.8) is 0 Å². The number of nitrogens with one attached hydrogen (secondary N) is 1. The molecule has 5 nitrogen and oxygen atoms in total. The molecule has 3 unspecified atom stereocenters. The second-order valence-corrected chi connectivity index (χ2v) is 7.24. The number of anilines is 1. The van der Waals surface area contributed by atoms with E-state index in [0.717, 1.165) is 18.4 Å². The van der Waals surface area contributed by atoms with Gasteiger partial charge in [0.15, 0.2) is 5.67 Å². The maximum atomic E-state index is 15.6. The molecule has 3 atom stereocenters. The van der Waals surface area contributed by atoms with E-state index in [1.807, 2.05) is 19.1 Å². The number of carbonyl (C=O) groups is 2. The van der Waals surface area contributed by atoms with E-state index in [2.05, 4.69) is 5.32 Å². The Morgan fingerprint density at radius 3 is 3.00 bits per heavy atom. The second kappa shape index (κ2) is 6.83. The third-order valence-electron chi connectivity index (χ3n) is 5.58. The van der Waals surface area contributed by atoms with Gasteiger partial charge >= 0.3 is 5.97 Å². The summed E-state index contributed by atoms with van der Waals surface area (Å²) in [6.45, 7) is 2.34. The zero-order valence-electron chi connectivity index (χ0n) is 15.2. The molecule has 2 heterocycles. The molecule has 1 aliphatic carbocycles. The van der Waals surface area contributed by atoms with Crippen molar-refractivity contribution in [1.82, 2.24) is 0 Å². The number of unbranched alkanes of at least 4 members (excludes halogenated alkanes) is 1. The fraction of sp³-hybridized carbons (Fsp3) is 0.429. The van der Waals surface area contributed by atoms with Crippen LogP contribution in [-0.2, 0) is 14.3 Å². The number of carbonyl (C=O) groups excluding carboxylic acids is 2. The van der Waals surface area contributed by atoms with Crippen molar-refractivity contribution in [2.75, 3.05) is 11.9 Å². The lowest BCUT2D eigenvalue weighted by Gasteiger charge is -2.35. The van der Waals surface area contributed by atoms with Crippen LogP contribution in [0.5, 0.6) is 0 Å². The number of halogens is 1. The number of hydrogen-bond acceptors (Lipinski definition) is 4. The Morgan fingerprint density at radius 1 is 1.41 bits per heavy atom. The quantitative estimate of drug-likeness (QED) is 0.623. The van der Waals surface area contributed by atoms with Crippen LogP contribution in [-0.4, -0.2) is 24.2 Å². The predicted molar refractivity (Wildman–Crippen MR) is 97.9 cm³/mol. The van der Waals surface area contributed by atoms with E-state index in [9.17, 15) is 9.59 Å². The normalized spacial score (nSPS) is 26.2. The Morgan fingerprint density at radius 2 is 2.26 bits per heavy atom. The van der Waals surface area contributed by atoms with Crippen molar-refractivity contribution in [1.29, 1.82) is 0 Å². The summed E-state index contributed by atoms with van der Waals surface area (Å²) < 4.78 is 26.3. The summed E-state index contributed by atoms with van der Waals surface area (Å²) in [5.41, 5.74) is -0.124. The zero-order valence-corrected chi connectivity index (χ0v) is 15.2. The van der Waals surface area contributed by atoms with Gasteiger partial charge in [0.25, 0.3) is 5.91 Å². The maximum absolute atomic E-state index is 15.6. The minimum Gasteiger partial charge on any atom is -0.465 e. The summed E-state index contributed by atoms with van der Waals surface area (Å²) >= 11 is 0. The van der Waals surface area contributed by atoms with Gasteiger partial charge in [0.1, 0.15) is 5.76 Å². The Labute approximate surface area is 156 Å². The van der Waals surface area contributed by atoms with Gasteiger partial charge in [-0.15, -0.1) is 0 Å². The highest BCUT2D eigenvalue weighted by Crippen LogP contribution is 2.54. The average Bonchev–Trinajstić information content (AvgIpc) is 3.30. The van der Waals surface area contributed by atoms with Crippen molar-refractivity contribution in [3.8, 4) is 11.3 Å². The molecule has 1 aliphatic heterocycles. The third kappa shape index (κ3) is 2.93. The summed E-state index contributed by atoms with van der Waals surface area (Å²) in [5.74, 6) is -1.90. The van der Waals surface area contributed by atoms with Crippen molar-refractivity contribution >= 4 is 17.6 Å². The van der Waals surface area contributed by atoms with Crippen LogP contribution in [0.3, 0.4) is 0 Å². The smallest absolute Gasteiger partial charge is 0.309 e. The van der Waals surface area contributed by atoms with Crippen molar-refractivity contribution in [2.45, 2.75) is 44.2 Å². The van der Waals surface area contributed by atoms with Crippen LogP contribution < -0.4 is 5.32 Å². The highest BCUT2D eigenvalue weighted by molar-refractivity contribution is 6.03. The van der Waals surface area contributed by atoms with Crippen LogP contribution in [0.25, 0.3) is 11.3 Å². The fourth-order valence-corrected chi connectivity index (χ4v) is 4.16. The van der Waals surface area contributed by atoms with Crippen molar-refractivity contribution in [2.24, 2.45) is 5.92 Å². The molecule has 1 aromatic heterocycles. The molecular formula is C21H22FNO4. The molecule has 0 spiro atoms. The lowest BCUT2D eigenvalue weighted by Crippen LogP contribution is -2.46. The summed E-state index contributed by atoms with van der Waals surface area (Å²) in [7, 11) is 0. The lowest BCUT2D eigenvalue weighted by molar-refractivity contribution is -0.149. The average molecular weight is 371 g/mol. The van der Waals surface area contributed by atoms with E-state index in [-0.39, 0.29) is 6.42 Å². The zero-order chi connectivity index (χ0) is 19.0. The molecule has 1 amide bonds. The molecule has 1 fully saturated rings. The molecule has 0 bridgehead atoms. The van der Waals surface area contributed by atoms with Gasteiger partial charge in [-0.3, -0.25) is 9.59 Å². The molecule has 1 N–H and O–H groups in total. The number of esters is 1. The Bertz CT molecular complexity index is 863. The van der Waals surface area contributed by atoms with Gasteiger partial charge in [-0.2, -0.15) is 0 Å². The summed E-state index contributed by atoms with van der Waals surface area (Å²) in [6, 6.07) is 8.97. The van der Waals surface area contributed by atoms with E-state index in [4.69, 9.17) is 9.15 Å². The molecule has 2 aromatic rings. The molecular weight excluding hydrogens is 349 g/mol. The highest BCUT2D eigenvalue weighted by atomic mass is 19.1. The van der Waals surface area contributed by atoms with Gasteiger partial charge in [-0.1, -0.05) is 25.5 Å². The van der Waals surface area contributed by atoms with E-state index in [1.54, 1.807) is 24.5 Å². The molecule has 142 valence electrons. The first kappa shape index (κ1) is 17.8. The minimum atomic E-state index is -2.08. The molecule has 1 saturated carbocycles. The topological polar surface area (TPSA) is 68.5 Å². The Balaban J connectivity index is 1.68. The molecule has 27 heavy (non-hydrogen) atoms. The number of furan rings is 1. The minimum absolute atomic E-state index is 0.0242. The van der Waals surface area contributed by atoms with E-state index < -0.39 is 29.4 Å². The van der Waals surface area contributed by atoms with Crippen molar-refractivity contribution < 1.29 is 23.1 Å².